The predicted octanol–water partition coefficient (Wildman–Crippen LogP) is 6.06. The minimum Gasteiger partial charge on any atom is -0.464 e. The number of hydrogen-bond acceptors (Lipinski definition) is 12. The molecule has 324 valence electrons. The van der Waals surface area contributed by atoms with Crippen LogP contribution < -0.4 is 16.0 Å². The van der Waals surface area contributed by atoms with E-state index in [1.54, 1.807) is 81.4 Å². The van der Waals surface area contributed by atoms with Crippen molar-refractivity contribution in [3.8, 4) is 0 Å². The topological polar surface area (TPSA) is 219 Å². The van der Waals surface area contributed by atoms with E-state index in [2.05, 4.69) is 51.6 Å². The molecule has 0 radical (unpaired) electrons. The number of benzene rings is 4. The Kier molecular flexibility index (Phi) is 13.3. The SMILES string of the molecule is COC(=O)c1ncccc1NC(=O)c1ccc(Cn2ccnn2)c2ccccc12.O=C(NCCCn1cccn1)c1ncccc1NC(=O)c1ccc(Cn2ccnn2)c2ccccc12. The number of hydrogen-bond donors (Lipinski definition) is 3. The fraction of sp³-hybridized carbons (Fsp3) is 0.128. The molecule has 0 bridgehead atoms. The molecule has 9 rings (SSSR count). The van der Waals surface area contributed by atoms with Crippen molar-refractivity contribution >= 4 is 56.6 Å². The van der Waals surface area contributed by atoms with Gasteiger partial charge in [0.25, 0.3) is 17.7 Å². The molecule has 0 saturated carbocycles. The number of pyridine rings is 2. The molecule has 0 atom stereocenters. The van der Waals surface area contributed by atoms with Gasteiger partial charge in [-0.15, -0.1) is 10.2 Å². The first-order valence-electron chi connectivity index (χ1n) is 20.4. The van der Waals surface area contributed by atoms with Crippen LogP contribution in [0.1, 0.15) is 59.2 Å². The molecular weight excluding hydrogens is 827 g/mol. The summed E-state index contributed by atoms with van der Waals surface area (Å²) in [6.07, 6.45) is 14.1. The minimum absolute atomic E-state index is 0.0513. The van der Waals surface area contributed by atoms with Crippen LogP contribution in [0.2, 0.25) is 0 Å². The van der Waals surface area contributed by atoms with E-state index in [0.717, 1.165) is 39.1 Å². The highest BCUT2D eigenvalue weighted by Gasteiger charge is 2.20. The molecule has 0 aliphatic heterocycles. The third-order valence-electron chi connectivity index (χ3n) is 10.2. The molecule has 18 nitrogen and oxygen atoms in total. The Morgan fingerprint density at radius 1 is 0.538 bits per heavy atom. The number of aromatic nitrogens is 10. The van der Waals surface area contributed by atoms with Gasteiger partial charge in [0.1, 0.15) is 0 Å². The number of nitrogens with one attached hydrogen (secondary N) is 3. The highest BCUT2D eigenvalue weighted by Crippen LogP contribution is 2.27. The van der Waals surface area contributed by atoms with Gasteiger partial charge in [-0.05, 0) is 81.6 Å². The molecule has 3 N–H and O–H groups in total. The van der Waals surface area contributed by atoms with Crippen molar-refractivity contribution in [3.63, 3.8) is 0 Å². The fourth-order valence-corrected chi connectivity index (χ4v) is 7.17. The monoisotopic (exact) mass is 867 g/mol. The Morgan fingerprint density at radius 3 is 1.58 bits per heavy atom. The predicted molar refractivity (Wildman–Crippen MR) is 241 cm³/mol. The van der Waals surface area contributed by atoms with Gasteiger partial charge >= 0.3 is 5.97 Å². The molecule has 0 aliphatic rings. The van der Waals surface area contributed by atoms with Crippen LogP contribution in [0.25, 0.3) is 21.5 Å². The van der Waals surface area contributed by atoms with Crippen LogP contribution in [-0.2, 0) is 24.4 Å². The maximum atomic E-state index is 13.3. The smallest absolute Gasteiger partial charge is 0.358 e. The number of esters is 1. The normalized spacial score (nSPS) is 10.8. The molecule has 0 fully saturated rings. The standard InChI is InChI=1S/C26H24N8O2.C21H17N5O3/c35-25(22-10-9-19(18-34-17-14-29-32-34)20-6-1-2-7-21(20)22)31-23-8-3-11-27-24(23)26(36)28-12-4-15-33-16-5-13-30-33;1-29-21(28)19-18(7-4-10-22-19)24-20(27)17-9-8-14(13-26-12-11-23-25-26)15-5-2-3-6-16(15)17/h1-3,5-11,13-14,16-17H,4,12,15,18H2,(H,28,36)(H,31,35);2-12H,13H2,1H3,(H,24,27). The van der Waals surface area contributed by atoms with Gasteiger partial charge in [-0.25, -0.2) is 24.1 Å². The summed E-state index contributed by atoms with van der Waals surface area (Å²) in [5.74, 6) is -1.63. The van der Waals surface area contributed by atoms with Crippen LogP contribution >= 0.6 is 0 Å². The second-order valence-electron chi connectivity index (χ2n) is 14.4. The maximum absolute atomic E-state index is 13.3. The Morgan fingerprint density at radius 2 is 1.08 bits per heavy atom. The summed E-state index contributed by atoms with van der Waals surface area (Å²) in [6.45, 7) is 2.23. The van der Waals surface area contributed by atoms with E-state index < -0.39 is 5.97 Å². The van der Waals surface area contributed by atoms with Crippen LogP contribution in [0.15, 0.2) is 153 Å². The van der Waals surface area contributed by atoms with E-state index in [0.29, 0.717) is 48.7 Å². The van der Waals surface area contributed by atoms with Crippen LogP contribution in [0, 0.1) is 0 Å². The number of carbonyl (C=O) groups is 4. The van der Waals surface area contributed by atoms with E-state index >= 15 is 0 Å². The quantitative estimate of drug-likeness (QED) is 0.0840. The van der Waals surface area contributed by atoms with Crippen LogP contribution in [0.3, 0.4) is 0 Å². The molecule has 65 heavy (non-hydrogen) atoms. The Balaban J connectivity index is 0.000000181. The molecule has 5 heterocycles. The van der Waals surface area contributed by atoms with Gasteiger partial charge in [0.05, 0.1) is 44.0 Å². The number of methoxy groups -OCH3 is 1. The van der Waals surface area contributed by atoms with Crippen molar-refractivity contribution in [2.45, 2.75) is 26.1 Å². The first-order valence-corrected chi connectivity index (χ1v) is 20.4. The molecule has 9 aromatic rings. The summed E-state index contributed by atoms with van der Waals surface area (Å²) in [5, 5.41) is 31.9. The van der Waals surface area contributed by atoms with Gasteiger partial charge in [-0.3, -0.25) is 19.1 Å². The van der Waals surface area contributed by atoms with Crippen molar-refractivity contribution in [2.24, 2.45) is 0 Å². The fourth-order valence-electron chi connectivity index (χ4n) is 7.17. The molecule has 0 spiro atoms. The van der Waals surface area contributed by atoms with E-state index in [9.17, 15) is 19.2 Å². The number of aryl methyl sites for hydroxylation is 1. The second-order valence-corrected chi connectivity index (χ2v) is 14.4. The zero-order chi connectivity index (χ0) is 45.0. The Hall–Kier alpha value is -8.93. The van der Waals surface area contributed by atoms with Crippen LogP contribution in [-0.4, -0.2) is 87.1 Å². The third-order valence-corrected chi connectivity index (χ3v) is 10.2. The second kappa shape index (κ2) is 20.3. The summed E-state index contributed by atoms with van der Waals surface area (Å²) >= 11 is 0. The van der Waals surface area contributed by atoms with Crippen LogP contribution in [0.4, 0.5) is 11.4 Å². The van der Waals surface area contributed by atoms with Gasteiger partial charge in [-0.2, -0.15) is 5.10 Å². The lowest BCUT2D eigenvalue weighted by Crippen LogP contribution is -2.28. The maximum Gasteiger partial charge on any atom is 0.358 e. The number of anilines is 2. The van der Waals surface area contributed by atoms with Gasteiger partial charge < -0.3 is 20.7 Å². The van der Waals surface area contributed by atoms with E-state index in [1.807, 2.05) is 72.9 Å². The number of ether oxygens (including phenoxy) is 1. The summed E-state index contributed by atoms with van der Waals surface area (Å²) in [5.41, 5.74) is 3.88. The summed E-state index contributed by atoms with van der Waals surface area (Å²) in [4.78, 5) is 59.2. The molecule has 0 saturated heterocycles. The van der Waals surface area contributed by atoms with Gasteiger partial charge in [0.2, 0.25) is 0 Å². The highest BCUT2D eigenvalue weighted by atomic mass is 16.5. The van der Waals surface area contributed by atoms with Crippen molar-refractivity contribution < 1.29 is 23.9 Å². The lowest BCUT2D eigenvalue weighted by Gasteiger charge is -2.13. The zero-order valence-electron chi connectivity index (χ0n) is 35.0. The Labute approximate surface area is 371 Å². The number of rotatable bonds is 14. The van der Waals surface area contributed by atoms with E-state index in [4.69, 9.17) is 4.74 Å². The molecule has 4 aromatic carbocycles. The molecule has 0 aliphatic carbocycles. The number of carbonyl (C=O) groups excluding carboxylic acids is 4. The minimum atomic E-state index is -0.617. The van der Waals surface area contributed by atoms with Crippen molar-refractivity contribution in [1.29, 1.82) is 0 Å². The first-order chi connectivity index (χ1) is 31.9. The average molecular weight is 868 g/mol. The Bertz CT molecular complexity index is 3080. The van der Waals surface area contributed by atoms with Crippen molar-refractivity contribution in [2.75, 3.05) is 24.3 Å². The molecule has 0 unspecified atom stereocenters. The zero-order valence-corrected chi connectivity index (χ0v) is 35.0. The molecular formula is C47H41N13O5. The van der Waals surface area contributed by atoms with Crippen molar-refractivity contribution in [1.82, 2.24) is 55.1 Å². The number of nitrogens with zero attached hydrogens (tertiary/aromatic N) is 10. The summed E-state index contributed by atoms with van der Waals surface area (Å²) in [6, 6.07) is 31.2. The lowest BCUT2D eigenvalue weighted by atomic mass is 9.99. The lowest BCUT2D eigenvalue weighted by molar-refractivity contribution is 0.0595. The molecule has 5 aromatic heterocycles. The number of fused-ring (bicyclic) bond motifs is 2. The largest absolute Gasteiger partial charge is 0.464 e. The third kappa shape index (κ3) is 10.2. The summed E-state index contributed by atoms with van der Waals surface area (Å²) < 4.78 is 9.99. The van der Waals surface area contributed by atoms with E-state index in [-0.39, 0.29) is 29.1 Å². The summed E-state index contributed by atoms with van der Waals surface area (Å²) in [7, 11) is 1.27. The van der Waals surface area contributed by atoms with Gasteiger partial charge in [0, 0.05) is 61.4 Å². The first kappa shape index (κ1) is 42.7. The molecule has 3 amide bonds. The number of amides is 3. The van der Waals surface area contributed by atoms with E-state index in [1.165, 1.54) is 19.5 Å². The molecule has 18 heteroatoms. The van der Waals surface area contributed by atoms with Gasteiger partial charge in [-0.1, -0.05) is 71.1 Å². The average Bonchev–Trinajstić information content (AvgIpc) is 4.17. The highest BCUT2D eigenvalue weighted by molar-refractivity contribution is 6.16. The van der Waals surface area contributed by atoms with Crippen molar-refractivity contribution in [3.05, 3.63) is 186 Å². The van der Waals surface area contributed by atoms with Crippen LogP contribution in [0.5, 0.6) is 0 Å². The van der Waals surface area contributed by atoms with Gasteiger partial charge in [0.15, 0.2) is 11.4 Å².